The van der Waals surface area contributed by atoms with Gasteiger partial charge in [-0.05, 0) is 73.9 Å². The van der Waals surface area contributed by atoms with Crippen molar-refractivity contribution in [2.24, 2.45) is 16.6 Å². The van der Waals surface area contributed by atoms with Crippen molar-refractivity contribution in [1.29, 1.82) is 0 Å². The first-order chi connectivity index (χ1) is 12.4. The molecular formula is C23H34N2O. The third-order valence-corrected chi connectivity index (χ3v) is 4.72. The summed E-state index contributed by atoms with van der Waals surface area (Å²) in [5.74, 6) is 0.504. The third kappa shape index (κ3) is 6.06. The maximum Gasteiger partial charge on any atom is 0.158 e. The second-order valence-electron chi connectivity index (χ2n) is 6.88. The second-order valence-corrected chi connectivity index (χ2v) is 6.88. The molecule has 0 saturated carbocycles. The quantitative estimate of drug-likeness (QED) is 0.344. The SMILES string of the molecule is C/C=C(\C=C(\C)C(=O)CCC)C(=N/c1cc(CN)ccc1C)/C(C)CC. The number of allylic oxidation sites excluding steroid dienone is 4. The average Bonchev–Trinajstić information content (AvgIpc) is 2.65. The molecule has 0 amide bonds. The summed E-state index contributed by atoms with van der Waals surface area (Å²) in [6, 6.07) is 6.17. The van der Waals surface area contributed by atoms with Crippen molar-refractivity contribution in [3.8, 4) is 0 Å². The molecule has 1 unspecified atom stereocenters. The molecule has 2 N–H and O–H groups in total. The van der Waals surface area contributed by atoms with Crippen LogP contribution in [0.25, 0.3) is 0 Å². The second kappa shape index (κ2) is 10.9. The number of hydrogen-bond acceptors (Lipinski definition) is 3. The van der Waals surface area contributed by atoms with Crippen LogP contribution < -0.4 is 5.73 Å². The van der Waals surface area contributed by atoms with E-state index in [0.29, 0.717) is 18.9 Å². The fraction of sp³-hybridized carbons (Fsp3) is 0.478. The molecule has 1 aromatic carbocycles. The van der Waals surface area contributed by atoms with Gasteiger partial charge in [0.15, 0.2) is 5.78 Å². The van der Waals surface area contributed by atoms with E-state index in [1.807, 2.05) is 32.9 Å². The first kappa shape index (κ1) is 22.0. The third-order valence-electron chi connectivity index (χ3n) is 4.72. The molecule has 0 spiro atoms. The first-order valence-corrected chi connectivity index (χ1v) is 9.64. The van der Waals surface area contributed by atoms with E-state index in [9.17, 15) is 4.79 Å². The van der Waals surface area contributed by atoms with Crippen molar-refractivity contribution in [1.82, 2.24) is 0 Å². The molecule has 26 heavy (non-hydrogen) atoms. The van der Waals surface area contributed by atoms with Gasteiger partial charge in [0.25, 0.3) is 0 Å². The summed E-state index contributed by atoms with van der Waals surface area (Å²) in [5.41, 5.74) is 11.8. The Kier molecular flexibility index (Phi) is 9.22. The van der Waals surface area contributed by atoms with Gasteiger partial charge < -0.3 is 5.73 Å². The molecule has 0 aromatic heterocycles. The van der Waals surface area contributed by atoms with Crippen LogP contribution in [-0.2, 0) is 11.3 Å². The molecule has 0 aliphatic rings. The zero-order chi connectivity index (χ0) is 19.7. The molecule has 3 nitrogen and oxygen atoms in total. The van der Waals surface area contributed by atoms with Gasteiger partial charge in [-0.1, -0.05) is 39.0 Å². The highest BCUT2D eigenvalue weighted by Crippen LogP contribution is 2.25. The normalized spacial score (nSPS) is 14.5. The molecule has 3 heteroatoms. The van der Waals surface area contributed by atoms with Crippen LogP contribution in [0.15, 0.2) is 46.5 Å². The molecule has 0 aliphatic heterocycles. The molecule has 1 rings (SSSR count). The Balaban J connectivity index is 3.40. The van der Waals surface area contributed by atoms with Gasteiger partial charge in [0.1, 0.15) is 0 Å². The Bertz CT molecular complexity index is 711. The summed E-state index contributed by atoms with van der Waals surface area (Å²) in [7, 11) is 0. The molecule has 0 bridgehead atoms. The number of aliphatic imine (C=N–C) groups is 1. The number of carbonyl (C=O) groups excluding carboxylic acids is 1. The zero-order valence-corrected chi connectivity index (χ0v) is 17.2. The van der Waals surface area contributed by atoms with Gasteiger partial charge in [-0.2, -0.15) is 0 Å². The summed E-state index contributed by atoms with van der Waals surface area (Å²) >= 11 is 0. The van der Waals surface area contributed by atoms with Crippen LogP contribution in [0.3, 0.4) is 0 Å². The van der Waals surface area contributed by atoms with Crippen molar-refractivity contribution in [2.45, 2.75) is 67.3 Å². The largest absolute Gasteiger partial charge is 0.326 e. The molecule has 0 heterocycles. The highest BCUT2D eigenvalue weighted by molar-refractivity contribution is 6.07. The van der Waals surface area contributed by atoms with E-state index >= 15 is 0 Å². The summed E-state index contributed by atoms with van der Waals surface area (Å²) in [6.07, 6.45) is 6.49. The number of aryl methyl sites for hydroxylation is 1. The summed E-state index contributed by atoms with van der Waals surface area (Å²) < 4.78 is 0. The highest BCUT2D eigenvalue weighted by Gasteiger charge is 2.15. The Morgan fingerprint density at radius 1 is 1.31 bits per heavy atom. The number of nitrogens with two attached hydrogens (primary N) is 1. The fourth-order valence-electron chi connectivity index (χ4n) is 2.73. The number of hydrogen-bond donors (Lipinski definition) is 1. The van der Waals surface area contributed by atoms with Gasteiger partial charge in [-0.25, -0.2) is 0 Å². The van der Waals surface area contributed by atoms with E-state index in [1.54, 1.807) is 0 Å². The number of nitrogens with zero attached hydrogens (tertiary/aromatic N) is 1. The topological polar surface area (TPSA) is 55.5 Å². The fourth-order valence-corrected chi connectivity index (χ4v) is 2.73. The van der Waals surface area contributed by atoms with Gasteiger partial charge in [0, 0.05) is 13.0 Å². The van der Waals surface area contributed by atoms with Crippen molar-refractivity contribution in [2.75, 3.05) is 0 Å². The Labute approximate surface area is 159 Å². The lowest BCUT2D eigenvalue weighted by Crippen LogP contribution is -2.13. The van der Waals surface area contributed by atoms with E-state index < -0.39 is 0 Å². The summed E-state index contributed by atoms with van der Waals surface area (Å²) in [6.45, 7) is 12.8. The van der Waals surface area contributed by atoms with Crippen molar-refractivity contribution >= 4 is 17.2 Å². The van der Waals surface area contributed by atoms with Crippen LogP contribution >= 0.6 is 0 Å². The molecule has 1 aromatic rings. The predicted molar refractivity (Wildman–Crippen MR) is 113 cm³/mol. The first-order valence-electron chi connectivity index (χ1n) is 9.64. The molecule has 1 atom stereocenters. The molecule has 0 aliphatic carbocycles. The van der Waals surface area contributed by atoms with Crippen LogP contribution in [0.2, 0.25) is 0 Å². The Morgan fingerprint density at radius 2 is 2.00 bits per heavy atom. The van der Waals surface area contributed by atoms with E-state index in [-0.39, 0.29) is 5.78 Å². The highest BCUT2D eigenvalue weighted by atomic mass is 16.1. The smallest absolute Gasteiger partial charge is 0.158 e. The van der Waals surface area contributed by atoms with E-state index in [2.05, 4.69) is 39.0 Å². The van der Waals surface area contributed by atoms with Crippen molar-refractivity contribution < 1.29 is 4.79 Å². The van der Waals surface area contributed by atoms with E-state index in [0.717, 1.165) is 46.5 Å². The number of carbonyl (C=O) groups is 1. The number of ketones is 1. The maximum absolute atomic E-state index is 12.2. The minimum absolute atomic E-state index is 0.205. The lowest BCUT2D eigenvalue weighted by Gasteiger charge is -2.16. The molecule has 142 valence electrons. The monoisotopic (exact) mass is 354 g/mol. The van der Waals surface area contributed by atoms with Crippen molar-refractivity contribution in [3.05, 3.63) is 52.6 Å². The van der Waals surface area contributed by atoms with Gasteiger partial charge >= 0.3 is 0 Å². The predicted octanol–water partition coefficient (Wildman–Crippen LogP) is 5.83. The lowest BCUT2D eigenvalue weighted by molar-refractivity contribution is -0.115. The summed E-state index contributed by atoms with van der Waals surface area (Å²) in [4.78, 5) is 17.2. The van der Waals surface area contributed by atoms with Gasteiger partial charge in [0.05, 0.1) is 11.4 Å². The minimum Gasteiger partial charge on any atom is -0.326 e. The number of Topliss-reactive ketones (excluding diaryl/α,β-unsaturated/α-hetero) is 1. The van der Waals surface area contributed by atoms with E-state index in [1.165, 1.54) is 0 Å². The van der Waals surface area contributed by atoms with Crippen LogP contribution in [0.4, 0.5) is 5.69 Å². The maximum atomic E-state index is 12.2. The van der Waals surface area contributed by atoms with Crippen molar-refractivity contribution in [3.63, 3.8) is 0 Å². The van der Waals surface area contributed by atoms with Crippen LogP contribution in [-0.4, -0.2) is 11.5 Å². The van der Waals surface area contributed by atoms with Crippen LogP contribution in [0.5, 0.6) is 0 Å². The number of benzene rings is 1. The van der Waals surface area contributed by atoms with Gasteiger partial charge in [0.2, 0.25) is 0 Å². The average molecular weight is 355 g/mol. The molecule has 0 radical (unpaired) electrons. The standard InChI is InChI=1S/C23H34N2O/c1-7-10-22(26)18(6)13-20(9-3)23(16(4)8-2)25-21-14-19(15-24)12-11-17(21)5/h9,11-14,16H,7-8,10,15,24H2,1-6H3/b18-13-,20-9+,25-23+. The van der Waals surface area contributed by atoms with Gasteiger partial charge in [-0.15, -0.1) is 0 Å². The van der Waals surface area contributed by atoms with Crippen LogP contribution in [0.1, 0.15) is 65.0 Å². The molecular weight excluding hydrogens is 320 g/mol. The Hall–Kier alpha value is -2.00. The minimum atomic E-state index is 0.205. The van der Waals surface area contributed by atoms with Gasteiger partial charge in [-0.3, -0.25) is 9.79 Å². The Morgan fingerprint density at radius 3 is 2.54 bits per heavy atom. The zero-order valence-electron chi connectivity index (χ0n) is 17.2. The summed E-state index contributed by atoms with van der Waals surface area (Å²) in [5, 5.41) is 0. The van der Waals surface area contributed by atoms with Crippen LogP contribution in [0, 0.1) is 12.8 Å². The molecule has 0 fully saturated rings. The number of rotatable bonds is 9. The lowest BCUT2D eigenvalue weighted by atomic mass is 9.93. The van der Waals surface area contributed by atoms with E-state index in [4.69, 9.17) is 10.7 Å². The molecule has 0 saturated heterocycles.